The first-order valence-electron chi connectivity index (χ1n) is 6.82. The number of methoxy groups -OCH3 is 1. The van der Waals surface area contributed by atoms with Gasteiger partial charge in [-0.15, -0.1) is 10.2 Å². The van der Waals surface area contributed by atoms with Crippen molar-refractivity contribution in [3.8, 4) is 17.0 Å². The minimum absolute atomic E-state index is 0.792. The molecule has 106 valence electrons. The SMILES string of the molecule is CNc1nnc(-c2ccc(OC)cc2C)c2ccccc12. The number of anilines is 1. The summed E-state index contributed by atoms with van der Waals surface area (Å²) in [6.45, 7) is 2.06. The van der Waals surface area contributed by atoms with Gasteiger partial charge in [0.25, 0.3) is 0 Å². The van der Waals surface area contributed by atoms with Crippen molar-refractivity contribution < 1.29 is 4.74 Å². The monoisotopic (exact) mass is 279 g/mol. The van der Waals surface area contributed by atoms with E-state index in [9.17, 15) is 0 Å². The van der Waals surface area contributed by atoms with Crippen molar-refractivity contribution in [2.24, 2.45) is 0 Å². The van der Waals surface area contributed by atoms with Gasteiger partial charge in [-0.1, -0.05) is 24.3 Å². The predicted octanol–water partition coefficient (Wildman–Crippen LogP) is 3.66. The number of rotatable bonds is 3. The van der Waals surface area contributed by atoms with E-state index in [1.165, 1.54) is 0 Å². The molecule has 21 heavy (non-hydrogen) atoms. The first kappa shape index (κ1) is 13.4. The Morgan fingerprint density at radius 2 is 1.76 bits per heavy atom. The summed E-state index contributed by atoms with van der Waals surface area (Å²) in [5.74, 6) is 1.64. The summed E-state index contributed by atoms with van der Waals surface area (Å²) >= 11 is 0. The molecule has 2 aromatic carbocycles. The van der Waals surface area contributed by atoms with Crippen LogP contribution < -0.4 is 10.1 Å². The number of ether oxygens (including phenoxy) is 1. The Hall–Kier alpha value is -2.62. The number of aryl methyl sites for hydroxylation is 1. The highest BCUT2D eigenvalue weighted by atomic mass is 16.5. The minimum Gasteiger partial charge on any atom is -0.497 e. The minimum atomic E-state index is 0.792. The first-order chi connectivity index (χ1) is 10.2. The molecule has 0 aliphatic rings. The quantitative estimate of drug-likeness (QED) is 0.795. The topological polar surface area (TPSA) is 47.0 Å². The smallest absolute Gasteiger partial charge is 0.156 e. The number of hydrogen-bond acceptors (Lipinski definition) is 4. The molecular formula is C17H17N3O. The zero-order chi connectivity index (χ0) is 14.8. The molecule has 4 heteroatoms. The Morgan fingerprint density at radius 3 is 2.43 bits per heavy atom. The standard InChI is InChI=1S/C17H17N3O/c1-11-10-12(21-3)8-9-13(11)16-14-6-4-5-7-15(14)17(18-2)20-19-16/h4-10H,1-3H3,(H,18,20). The van der Waals surface area contributed by atoms with Gasteiger partial charge in [0.15, 0.2) is 5.82 Å². The van der Waals surface area contributed by atoms with Gasteiger partial charge in [0, 0.05) is 23.4 Å². The van der Waals surface area contributed by atoms with Crippen LogP contribution in [-0.4, -0.2) is 24.4 Å². The van der Waals surface area contributed by atoms with E-state index in [1.54, 1.807) is 7.11 Å². The lowest BCUT2D eigenvalue weighted by molar-refractivity contribution is 0.414. The summed E-state index contributed by atoms with van der Waals surface area (Å²) < 4.78 is 5.26. The van der Waals surface area contributed by atoms with Crippen LogP contribution in [0.1, 0.15) is 5.56 Å². The number of hydrogen-bond donors (Lipinski definition) is 1. The van der Waals surface area contributed by atoms with Gasteiger partial charge in [-0.25, -0.2) is 0 Å². The fourth-order valence-electron chi connectivity index (χ4n) is 2.52. The molecule has 0 aliphatic carbocycles. The zero-order valence-corrected chi connectivity index (χ0v) is 12.3. The Labute approximate surface area is 123 Å². The fraction of sp³-hybridized carbons (Fsp3) is 0.176. The largest absolute Gasteiger partial charge is 0.497 e. The van der Waals surface area contributed by atoms with E-state index in [0.29, 0.717) is 0 Å². The highest BCUT2D eigenvalue weighted by Crippen LogP contribution is 2.32. The van der Waals surface area contributed by atoms with Gasteiger partial charge in [0.2, 0.25) is 0 Å². The third kappa shape index (κ3) is 2.29. The average Bonchev–Trinajstić information content (AvgIpc) is 2.54. The van der Waals surface area contributed by atoms with Crippen molar-refractivity contribution in [1.82, 2.24) is 10.2 Å². The molecule has 0 unspecified atom stereocenters. The molecule has 0 fully saturated rings. The van der Waals surface area contributed by atoms with E-state index < -0.39 is 0 Å². The Balaban J connectivity index is 2.26. The van der Waals surface area contributed by atoms with Gasteiger partial charge in [0.05, 0.1) is 7.11 Å². The molecule has 0 amide bonds. The third-order valence-electron chi connectivity index (χ3n) is 3.61. The van der Waals surface area contributed by atoms with Crippen molar-refractivity contribution in [2.75, 3.05) is 19.5 Å². The normalized spacial score (nSPS) is 10.6. The maximum atomic E-state index is 5.26. The van der Waals surface area contributed by atoms with Gasteiger partial charge in [-0.3, -0.25) is 0 Å². The highest BCUT2D eigenvalue weighted by Gasteiger charge is 2.12. The second-order valence-electron chi connectivity index (χ2n) is 4.87. The highest BCUT2D eigenvalue weighted by molar-refractivity contribution is 6.00. The molecule has 0 saturated heterocycles. The predicted molar refractivity (Wildman–Crippen MR) is 85.8 cm³/mol. The lowest BCUT2D eigenvalue weighted by Gasteiger charge is -2.11. The molecule has 1 N–H and O–H groups in total. The number of benzene rings is 2. The van der Waals surface area contributed by atoms with Gasteiger partial charge >= 0.3 is 0 Å². The molecule has 3 rings (SSSR count). The van der Waals surface area contributed by atoms with Crippen LogP contribution in [0.2, 0.25) is 0 Å². The molecule has 4 nitrogen and oxygen atoms in total. The van der Waals surface area contributed by atoms with Crippen LogP contribution in [0.5, 0.6) is 5.75 Å². The number of fused-ring (bicyclic) bond motifs is 1. The van der Waals surface area contributed by atoms with E-state index in [4.69, 9.17) is 4.74 Å². The lowest BCUT2D eigenvalue weighted by atomic mass is 10.0. The fourth-order valence-corrected chi connectivity index (χ4v) is 2.52. The second-order valence-corrected chi connectivity index (χ2v) is 4.87. The Kier molecular flexibility index (Phi) is 3.44. The molecule has 0 atom stereocenters. The maximum Gasteiger partial charge on any atom is 0.156 e. The van der Waals surface area contributed by atoms with Crippen LogP contribution >= 0.6 is 0 Å². The van der Waals surface area contributed by atoms with Gasteiger partial charge in [-0.05, 0) is 30.7 Å². The molecule has 1 heterocycles. The van der Waals surface area contributed by atoms with Crippen molar-refractivity contribution in [3.63, 3.8) is 0 Å². The molecule has 0 radical (unpaired) electrons. The summed E-state index contributed by atoms with van der Waals surface area (Å²) in [5, 5.41) is 13.9. The van der Waals surface area contributed by atoms with Gasteiger partial charge < -0.3 is 10.1 Å². The van der Waals surface area contributed by atoms with Crippen LogP contribution in [0.15, 0.2) is 42.5 Å². The van der Waals surface area contributed by atoms with E-state index in [2.05, 4.69) is 34.6 Å². The molecular weight excluding hydrogens is 262 g/mol. The van der Waals surface area contributed by atoms with Crippen molar-refractivity contribution >= 4 is 16.6 Å². The van der Waals surface area contributed by atoms with Crippen LogP contribution in [-0.2, 0) is 0 Å². The maximum absolute atomic E-state index is 5.26. The van der Waals surface area contributed by atoms with E-state index >= 15 is 0 Å². The molecule has 3 aromatic rings. The number of aromatic nitrogens is 2. The van der Waals surface area contributed by atoms with Crippen molar-refractivity contribution in [3.05, 3.63) is 48.0 Å². The van der Waals surface area contributed by atoms with Crippen molar-refractivity contribution in [2.45, 2.75) is 6.92 Å². The van der Waals surface area contributed by atoms with Crippen LogP contribution in [0.3, 0.4) is 0 Å². The molecule has 0 spiro atoms. The Morgan fingerprint density at radius 1 is 1.00 bits per heavy atom. The van der Waals surface area contributed by atoms with Gasteiger partial charge in [0.1, 0.15) is 11.4 Å². The Bertz CT molecular complexity index is 799. The van der Waals surface area contributed by atoms with Crippen LogP contribution in [0, 0.1) is 6.92 Å². The summed E-state index contributed by atoms with van der Waals surface area (Å²) in [6.07, 6.45) is 0. The lowest BCUT2D eigenvalue weighted by Crippen LogP contribution is -1.99. The average molecular weight is 279 g/mol. The first-order valence-corrected chi connectivity index (χ1v) is 6.82. The molecule has 0 aliphatic heterocycles. The summed E-state index contributed by atoms with van der Waals surface area (Å²) in [5.41, 5.74) is 3.08. The number of nitrogens with one attached hydrogen (secondary N) is 1. The molecule has 0 saturated carbocycles. The van der Waals surface area contributed by atoms with E-state index in [1.807, 2.05) is 37.4 Å². The summed E-state index contributed by atoms with van der Waals surface area (Å²) in [4.78, 5) is 0. The van der Waals surface area contributed by atoms with E-state index in [-0.39, 0.29) is 0 Å². The second kappa shape index (κ2) is 5.40. The van der Waals surface area contributed by atoms with Crippen LogP contribution in [0.25, 0.3) is 22.0 Å². The van der Waals surface area contributed by atoms with Gasteiger partial charge in [-0.2, -0.15) is 0 Å². The third-order valence-corrected chi connectivity index (χ3v) is 3.61. The van der Waals surface area contributed by atoms with E-state index in [0.717, 1.165) is 39.2 Å². The van der Waals surface area contributed by atoms with Crippen LogP contribution in [0.4, 0.5) is 5.82 Å². The molecule has 1 aromatic heterocycles. The summed E-state index contributed by atoms with van der Waals surface area (Å²) in [7, 11) is 3.53. The molecule has 0 bridgehead atoms. The van der Waals surface area contributed by atoms with Crippen molar-refractivity contribution in [1.29, 1.82) is 0 Å². The summed E-state index contributed by atoms with van der Waals surface area (Å²) in [6, 6.07) is 14.1. The zero-order valence-electron chi connectivity index (χ0n) is 12.3. The number of nitrogens with zero attached hydrogens (tertiary/aromatic N) is 2.